The lowest BCUT2D eigenvalue weighted by atomic mass is 10.2. The molecule has 94 valence electrons. The number of amides is 1. The van der Waals surface area contributed by atoms with Gasteiger partial charge in [0.2, 0.25) is 11.9 Å². The molecule has 0 radical (unpaired) electrons. The number of hydrazine groups is 1. The number of hydrogen-bond donors (Lipinski definition) is 3. The number of nitrogens with one attached hydrogen (secondary N) is 1. The Balaban J connectivity index is 3.12. The number of nitrogen functional groups attached to an aromatic ring is 1. The number of aromatic nitrogens is 2. The van der Waals surface area contributed by atoms with Crippen molar-refractivity contribution in [2.24, 2.45) is 11.6 Å². The van der Waals surface area contributed by atoms with Crippen LogP contribution in [0.4, 0.5) is 11.8 Å². The Morgan fingerprint density at radius 2 is 2.24 bits per heavy atom. The number of anilines is 2. The molecule has 0 saturated heterocycles. The number of carbonyl (C=O) groups is 1. The quantitative estimate of drug-likeness (QED) is 0.483. The minimum Gasteiger partial charge on any atom is -0.368 e. The molecule has 0 atom stereocenters. The Hall–Kier alpha value is -1.89. The van der Waals surface area contributed by atoms with Crippen LogP contribution in [0.3, 0.4) is 0 Å². The monoisotopic (exact) mass is 238 g/mol. The van der Waals surface area contributed by atoms with E-state index in [0.717, 1.165) is 5.56 Å². The molecule has 7 heteroatoms. The maximum absolute atomic E-state index is 11.1. The number of primary amides is 1. The molecule has 0 aliphatic rings. The molecular weight excluding hydrogens is 220 g/mol. The summed E-state index contributed by atoms with van der Waals surface area (Å²) in [5.74, 6) is 5.82. The van der Waals surface area contributed by atoms with Crippen molar-refractivity contribution in [3.8, 4) is 0 Å². The van der Waals surface area contributed by atoms with E-state index in [1.54, 1.807) is 11.1 Å². The van der Waals surface area contributed by atoms with Gasteiger partial charge in [0.15, 0.2) is 0 Å². The number of nitrogens with zero attached hydrogens (tertiary/aromatic N) is 3. The average Bonchev–Trinajstić information content (AvgIpc) is 2.26. The number of hydrogen-bond acceptors (Lipinski definition) is 6. The zero-order valence-electron chi connectivity index (χ0n) is 10.3. The van der Waals surface area contributed by atoms with Crippen LogP contribution in [0, 0.1) is 6.92 Å². The SMILES string of the molecule is Cc1cnc(NN)nc1N(CC(N)=O)C(C)C. The highest BCUT2D eigenvalue weighted by Gasteiger charge is 2.17. The summed E-state index contributed by atoms with van der Waals surface area (Å²) >= 11 is 0. The predicted octanol–water partition coefficient (Wildman–Crippen LogP) is -0.229. The molecule has 0 unspecified atom stereocenters. The minimum absolute atomic E-state index is 0.0988. The molecule has 1 rings (SSSR count). The molecule has 17 heavy (non-hydrogen) atoms. The van der Waals surface area contributed by atoms with E-state index in [4.69, 9.17) is 11.6 Å². The van der Waals surface area contributed by atoms with Gasteiger partial charge >= 0.3 is 0 Å². The van der Waals surface area contributed by atoms with Gasteiger partial charge in [0.1, 0.15) is 5.82 Å². The van der Waals surface area contributed by atoms with Crippen LogP contribution in [0.1, 0.15) is 19.4 Å². The van der Waals surface area contributed by atoms with Crippen molar-refractivity contribution in [2.45, 2.75) is 26.8 Å². The number of carbonyl (C=O) groups excluding carboxylic acids is 1. The van der Waals surface area contributed by atoms with E-state index in [0.29, 0.717) is 11.8 Å². The predicted molar refractivity (Wildman–Crippen MR) is 66.3 cm³/mol. The molecule has 5 N–H and O–H groups in total. The summed E-state index contributed by atoms with van der Waals surface area (Å²) in [7, 11) is 0. The number of rotatable bonds is 5. The van der Waals surface area contributed by atoms with E-state index >= 15 is 0 Å². The molecule has 7 nitrogen and oxygen atoms in total. The van der Waals surface area contributed by atoms with Crippen LogP contribution >= 0.6 is 0 Å². The average molecular weight is 238 g/mol. The second-order valence-electron chi connectivity index (χ2n) is 4.03. The van der Waals surface area contributed by atoms with Gasteiger partial charge in [-0.2, -0.15) is 4.98 Å². The highest BCUT2D eigenvalue weighted by molar-refractivity contribution is 5.79. The molecule has 0 aromatic carbocycles. The smallest absolute Gasteiger partial charge is 0.239 e. The molecule has 1 aromatic heterocycles. The summed E-state index contributed by atoms with van der Waals surface area (Å²) < 4.78 is 0. The van der Waals surface area contributed by atoms with Gasteiger partial charge in [-0.05, 0) is 20.8 Å². The van der Waals surface area contributed by atoms with E-state index in [-0.39, 0.29) is 12.6 Å². The lowest BCUT2D eigenvalue weighted by molar-refractivity contribution is -0.116. The zero-order chi connectivity index (χ0) is 13.0. The van der Waals surface area contributed by atoms with E-state index in [2.05, 4.69) is 15.4 Å². The largest absolute Gasteiger partial charge is 0.368 e. The van der Waals surface area contributed by atoms with Crippen molar-refractivity contribution in [2.75, 3.05) is 16.9 Å². The molecule has 1 amide bonds. The third-order valence-corrected chi connectivity index (χ3v) is 2.30. The van der Waals surface area contributed by atoms with Crippen molar-refractivity contribution in [1.29, 1.82) is 0 Å². The fourth-order valence-electron chi connectivity index (χ4n) is 1.46. The van der Waals surface area contributed by atoms with E-state index in [1.165, 1.54) is 0 Å². The normalized spacial score (nSPS) is 10.4. The Labute approximate surface area is 100 Å². The van der Waals surface area contributed by atoms with Crippen molar-refractivity contribution >= 4 is 17.7 Å². The molecule has 0 bridgehead atoms. The van der Waals surface area contributed by atoms with Gasteiger partial charge in [-0.3, -0.25) is 10.2 Å². The minimum atomic E-state index is -0.404. The Morgan fingerprint density at radius 3 is 2.71 bits per heavy atom. The number of nitrogens with two attached hydrogens (primary N) is 2. The zero-order valence-corrected chi connectivity index (χ0v) is 10.3. The first-order valence-electron chi connectivity index (χ1n) is 5.31. The van der Waals surface area contributed by atoms with Crippen LogP contribution in [-0.4, -0.2) is 28.5 Å². The molecule has 1 aromatic rings. The highest BCUT2D eigenvalue weighted by atomic mass is 16.1. The lowest BCUT2D eigenvalue weighted by Gasteiger charge is -2.27. The summed E-state index contributed by atoms with van der Waals surface area (Å²) in [5.41, 5.74) is 8.46. The summed E-state index contributed by atoms with van der Waals surface area (Å²) in [6, 6.07) is 0.0988. The third kappa shape index (κ3) is 3.28. The maximum atomic E-state index is 11.1. The van der Waals surface area contributed by atoms with Crippen molar-refractivity contribution in [3.63, 3.8) is 0 Å². The van der Waals surface area contributed by atoms with Gasteiger partial charge in [0, 0.05) is 17.8 Å². The molecule has 0 fully saturated rings. The number of aryl methyl sites for hydroxylation is 1. The molecular formula is C10H18N6O. The maximum Gasteiger partial charge on any atom is 0.239 e. The fraction of sp³-hybridized carbons (Fsp3) is 0.500. The van der Waals surface area contributed by atoms with Crippen molar-refractivity contribution < 1.29 is 4.79 Å². The van der Waals surface area contributed by atoms with Crippen LogP contribution in [0.15, 0.2) is 6.20 Å². The Morgan fingerprint density at radius 1 is 1.59 bits per heavy atom. The van der Waals surface area contributed by atoms with Crippen LogP contribution in [-0.2, 0) is 4.79 Å². The lowest BCUT2D eigenvalue weighted by Crippen LogP contribution is -2.39. The Bertz CT molecular complexity index is 406. The molecule has 0 saturated carbocycles. The van der Waals surface area contributed by atoms with Crippen LogP contribution < -0.4 is 21.9 Å². The fourth-order valence-corrected chi connectivity index (χ4v) is 1.46. The summed E-state index contributed by atoms with van der Waals surface area (Å²) in [5, 5.41) is 0. The first-order chi connectivity index (χ1) is 7.95. The van der Waals surface area contributed by atoms with E-state index in [1.807, 2.05) is 20.8 Å². The third-order valence-electron chi connectivity index (χ3n) is 2.30. The summed E-state index contributed by atoms with van der Waals surface area (Å²) in [6.45, 7) is 5.89. The summed E-state index contributed by atoms with van der Waals surface area (Å²) in [4.78, 5) is 21.1. The van der Waals surface area contributed by atoms with Crippen LogP contribution in [0.25, 0.3) is 0 Å². The topological polar surface area (TPSA) is 110 Å². The van der Waals surface area contributed by atoms with Gasteiger partial charge in [-0.15, -0.1) is 0 Å². The van der Waals surface area contributed by atoms with Crippen molar-refractivity contribution in [1.82, 2.24) is 9.97 Å². The van der Waals surface area contributed by atoms with Crippen LogP contribution in [0.5, 0.6) is 0 Å². The van der Waals surface area contributed by atoms with Crippen molar-refractivity contribution in [3.05, 3.63) is 11.8 Å². The first kappa shape index (κ1) is 13.2. The van der Waals surface area contributed by atoms with Gasteiger partial charge in [-0.25, -0.2) is 10.8 Å². The van der Waals surface area contributed by atoms with Gasteiger partial charge in [0.05, 0.1) is 6.54 Å². The molecule has 1 heterocycles. The second kappa shape index (κ2) is 5.44. The molecule has 0 aliphatic carbocycles. The second-order valence-corrected chi connectivity index (χ2v) is 4.03. The van der Waals surface area contributed by atoms with Crippen LogP contribution in [0.2, 0.25) is 0 Å². The standard InChI is InChI=1S/C10H18N6O/c1-6(2)16(5-8(11)17)9-7(3)4-13-10(14-9)15-12/h4,6H,5,12H2,1-3H3,(H2,11,17)(H,13,14,15). The van der Waals surface area contributed by atoms with Gasteiger partial charge in [-0.1, -0.05) is 0 Å². The Kier molecular flexibility index (Phi) is 4.22. The van der Waals surface area contributed by atoms with Gasteiger partial charge < -0.3 is 10.6 Å². The van der Waals surface area contributed by atoms with Gasteiger partial charge in [0.25, 0.3) is 0 Å². The summed E-state index contributed by atoms with van der Waals surface area (Å²) in [6.07, 6.45) is 1.65. The molecule has 0 spiro atoms. The molecule has 0 aliphatic heterocycles. The highest BCUT2D eigenvalue weighted by Crippen LogP contribution is 2.19. The van der Waals surface area contributed by atoms with E-state index in [9.17, 15) is 4.79 Å². The van der Waals surface area contributed by atoms with E-state index < -0.39 is 5.91 Å². The first-order valence-corrected chi connectivity index (χ1v) is 5.31.